The summed E-state index contributed by atoms with van der Waals surface area (Å²) in [5.74, 6) is 1.89. The van der Waals surface area contributed by atoms with Crippen molar-refractivity contribution in [1.82, 2.24) is 9.97 Å². The van der Waals surface area contributed by atoms with E-state index in [0.717, 1.165) is 34.3 Å². The SMILES string of the molecule is CCc1nc(Oc2ccc(-c3ccccc3)cc2)c2oc3ccccc3c2n1. The van der Waals surface area contributed by atoms with E-state index in [-0.39, 0.29) is 0 Å². The van der Waals surface area contributed by atoms with Crippen molar-refractivity contribution in [2.75, 3.05) is 0 Å². The predicted octanol–water partition coefficient (Wildman–Crippen LogP) is 6.40. The number of para-hydroxylation sites is 1. The van der Waals surface area contributed by atoms with Crippen LogP contribution in [0.1, 0.15) is 12.7 Å². The van der Waals surface area contributed by atoms with E-state index in [1.807, 2.05) is 73.7 Å². The van der Waals surface area contributed by atoms with Crippen molar-refractivity contribution in [3.63, 3.8) is 0 Å². The van der Waals surface area contributed by atoms with Crippen molar-refractivity contribution >= 4 is 22.1 Å². The van der Waals surface area contributed by atoms with Gasteiger partial charge >= 0.3 is 0 Å². The molecule has 0 N–H and O–H groups in total. The maximum Gasteiger partial charge on any atom is 0.267 e. The molecule has 4 nitrogen and oxygen atoms in total. The summed E-state index contributed by atoms with van der Waals surface area (Å²) in [4.78, 5) is 9.22. The third-order valence-electron chi connectivity index (χ3n) is 4.73. The summed E-state index contributed by atoms with van der Waals surface area (Å²) in [5, 5.41) is 0.971. The van der Waals surface area contributed by atoms with Gasteiger partial charge in [0.05, 0.1) is 0 Å². The lowest BCUT2D eigenvalue weighted by Crippen LogP contribution is -1.97. The summed E-state index contributed by atoms with van der Waals surface area (Å²) in [5.41, 5.74) is 4.45. The van der Waals surface area contributed by atoms with Crippen molar-refractivity contribution in [2.24, 2.45) is 0 Å². The fourth-order valence-corrected chi connectivity index (χ4v) is 3.29. The zero-order valence-corrected chi connectivity index (χ0v) is 15.4. The summed E-state index contributed by atoms with van der Waals surface area (Å²) < 4.78 is 12.1. The van der Waals surface area contributed by atoms with E-state index in [2.05, 4.69) is 22.1 Å². The highest BCUT2D eigenvalue weighted by atomic mass is 16.5. The first-order valence-electron chi connectivity index (χ1n) is 9.33. The van der Waals surface area contributed by atoms with Crippen LogP contribution in [0.25, 0.3) is 33.2 Å². The van der Waals surface area contributed by atoms with Gasteiger partial charge in [-0.25, -0.2) is 4.98 Å². The first kappa shape index (κ1) is 16.5. The van der Waals surface area contributed by atoms with Crippen LogP contribution in [0.2, 0.25) is 0 Å². The first-order valence-corrected chi connectivity index (χ1v) is 9.33. The van der Waals surface area contributed by atoms with Crippen molar-refractivity contribution in [1.29, 1.82) is 0 Å². The Bertz CT molecular complexity index is 1260. The van der Waals surface area contributed by atoms with Gasteiger partial charge in [-0.05, 0) is 35.4 Å². The van der Waals surface area contributed by atoms with Gasteiger partial charge in [0.1, 0.15) is 22.7 Å². The molecule has 5 aromatic rings. The van der Waals surface area contributed by atoms with Gasteiger partial charge in [-0.1, -0.05) is 61.5 Å². The van der Waals surface area contributed by atoms with Gasteiger partial charge in [-0.3, -0.25) is 0 Å². The lowest BCUT2D eigenvalue weighted by atomic mass is 10.1. The Balaban J connectivity index is 1.56. The Morgan fingerprint density at radius 3 is 2.29 bits per heavy atom. The molecule has 0 atom stereocenters. The molecule has 0 bridgehead atoms. The van der Waals surface area contributed by atoms with Gasteiger partial charge in [0.25, 0.3) is 5.88 Å². The molecule has 0 unspecified atom stereocenters. The average Bonchev–Trinajstić information content (AvgIpc) is 3.14. The van der Waals surface area contributed by atoms with Crippen molar-refractivity contribution in [3.8, 4) is 22.8 Å². The molecule has 28 heavy (non-hydrogen) atoms. The molecule has 0 saturated carbocycles. The molecule has 3 aromatic carbocycles. The molecule has 0 aliphatic rings. The van der Waals surface area contributed by atoms with Gasteiger partial charge in [-0.2, -0.15) is 4.98 Å². The van der Waals surface area contributed by atoms with Gasteiger partial charge in [0, 0.05) is 11.8 Å². The highest BCUT2D eigenvalue weighted by molar-refractivity contribution is 6.03. The fourth-order valence-electron chi connectivity index (χ4n) is 3.29. The lowest BCUT2D eigenvalue weighted by Gasteiger charge is -2.08. The maximum absolute atomic E-state index is 6.11. The number of hydrogen-bond donors (Lipinski definition) is 0. The minimum Gasteiger partial charge on any atom is -0.449 e. The third kappa shape index (κ3) is 2.89. The molecule has 0 amide bonds. The number of rotatable bonds is 4. The molecule has 0 radical (unpaired) electrons. The zero-order chi connectivity index (χ0) is 18.9. The Labute approximate surface area is 162 Å². The third-order valence-corrected chi connectivity index (χ3v) is 4.73. The van der Waals surface area contributed by atoms with Crippen LogP contribution in [0.15, 0.2) is 83.3 Å². The minimum atomic E-state index is 0.450. The molecule has 4 heteroatoms. The Hall–Kier alpha value is -3.66. The van der Waals surface area contributed by atoms with Crippen LogP contribution in [-0.4, -0.2) is 9.97 Å². The zero-order valence-electron chi connectivity index (χ0n) is 15.4. The number of furan rings is 1. The van der Waals surface area contributed by atoms with Gasteiger partial charge < -0.3 is 9.15 Å². The molecule has 0 spiro atoms. The topological polar surface area (TPSA) is 48.2 Å². The maximum atomic E-state index is 6.11. The second-order valence-electron chi connectivity index (χ2n) is 6.57. The average molecular weight is 366 g/mol. The number of benzene rings is 3. The standard InChI is InChI=1S/C24H18N2O2/c1-2-21-25-22-19-10-6-7-11-20(19)28-23(22)24(26-21)27-18-14-12-17(13-15-18)16-8-4-3-5-9-16/h3-15H,2H2,1H3. The van der Waals surface area contributed by atoms with Crippen molar-refractivity contribution in [3.05, 3.63) is 84.7 Å². The van der Waals surface area contributed by atoms with E-state index < -0.39 is 0 Å². The van der Waals surface area contributed by atoms with E-state index in [4.69, 9.17) is 9.15 Å². The number of ether oxygens (including phenoxy) is 1. The summed E-state index contributed by atoms with van der Waals surface area (Å²) in [7, 11) is 0. The van der Waals surface area contributed by atoms with Crippen molar-refractivity contribution in [2.45, 2.75) is 13.3 Å². The quantitative estimate of drug-likeness (QED) is 0.369. The van der Waals surface area contributed by atoms with Crippen LogP contribution in [0.4, 0.5) is 0 Å². The van der Waals surface area contributed by atoms with E-state index in [1.165, 1.54) is 5.56 Å². The predicted molar refractivity (Wildman–Crippen MR) is 111 cm³/mol. The largest absolute Gasteiger partial charge is 0.449 e. The minimum absolute atomic E-state index is 0.450. The Morgan fingerprint density at radius 2 is 1.50 bits per heavy atom. The number of aromatic nitrogens is 2. The highest BCUT2D eigenvalue weighted by Gasteiger charge is 2.17. The Morgan fingerprint density at radius 1 is 0.786 bits per heavy atom. The summed E-state index contributed by atoms with van der Waals surface area (Å²) >= 11 is 0. The van der Waals surface area contributed by atoms with Crippen LogP contribution >= 0.6 is 0 Å². The smallest absolute Gasteiger partial charge is 0.267 e. The van der Waals surface area contributed by atoms with Gasteiger partial charge in [-0.15, -0.1) is 0 Å². The number of fused-ring (bicyclic) bond motifs is 3. The molecule has 0 aliphatic heterocycles. The van der Waals surface area contributed by atoms with Crippen LogP contribution in [0, 0.1) is 0 Å². The van der Waals surface area contributed by atoms with Crippen LogP contribution in [-0.2, 0) is 6.42 Å². The van der Waals surface area contributed by atoms with E-state index in [9.17, 15) is 0 Å². The summed E-state index contributed by atoms with van der Waals surface area (Å²) in [6.07, 6.45) is 0.721. The molecule has 2 aromatic heterocycles. The van der Waals surface area contributed by atoms with Crippen molar-refractivity contribution < 1.29 is 9.15 Å². The number of nitrogens with zero attached hydrogens (tertiary/aromatic N) is 2. The molecule has 2 heterocycles. The molecular weight excluding hydrogens is 348 g/mol. The number of aryl methyl sites for hydroxylation is 1. The Kier molecular flexibility index (Phi) is 4.02. The van der Waals surface area contributed by atoms with E-state index >= 15 is 0 Å². The number of hydrogen-bond acceptors (Lipinski definition) is 4. The fraction of sp³-hybridized carbons (Fsp3) is 0.0833. The summed E-state index contributed by atoms with van der Waals surface area (Å²) in [6.45, 7) is 2.03. The van der Waals surface area contributed by atoms with Gasteiger partial charge in [0.2, 0.25) is 5.58 Å². The first-order chi connectivity index (χ1) is 13.8. The second-order valence-corrected chi connectivity index (χ2v) is 6.57. The molecule has 0 aliphatic carbocycles. The van der Waals surface area contributed by atoms with Crippen LogP contribution < -0.4 is 4.74 Å². The molecule has 0 fully saturated rings. The van der Waals surface area contributed by atoms with Crippen LogP contribution in [0.3, 0.4) is 0 Å². The highest BCUT2D eigenvalue weighted by Crippen LogP contribution is 2.35. The molecule has 5 rings (SSSR count). The van der Waals surface area contributed by atoms with E-state index in [1.54, 1.807) is 0 Å². The monoisotopic (exact) mass is 366 g/mol. The molecule has 136 valence electrons. The summed E-state index contributed by atoms with van der Waals surface area (Å²) in [6, 6.07) is 26.1. The van der Waals surface area contributed by atoms with Gasteiger partial charge in [0.15, 0.2) is 0 Å². The molecule has 0 saturated heterocycles. The van der Waals surface area contributed by atoms with E-state index in [0.29, 0.717) is 17.2 Å². The lowest BCUT2D eigenvalue weighted by molar-refractivity contribution is 0.454. The second kappa shape index (κ2) is 6.82. The van der Waals surface area contributed by atoms with Crippen LogP contribution in [0.5, 0.6) is 11.6 Å². The normalized spacial score (nSPS) is 11.2. The molecular formula is C24H18N2O2.